The summed E-state index contributed by atoms with van der Waals surface area (Å²) in [7, 11) is 0. The molecule has 2 aromatic carbocycles. The lowest BCUT2D eigenvalue weighted by Gasteiger charge is -2.30. The van der Waals surface area contributed by atoms with Crippen molar-refractivity contribution < 1.29 is 4.79 Å². The van der Waals surface area contributed by atoms with Crippen molar-refractivity contribution in [3.63, 3.8) is 0 Å². The molecule has 3 aromatic rings. The number of imidazole rings is 1. The maximum atomic E-state index is 12.5. The second-order valence-corrected chi connectivity index (χ2v) is 8.39. The van der Waals surface area contributed by atoms with Crippen molar-refractivity contribution in [1.29, 1.82) is 0 Å². The minimum atomic E-state index is -0.0457. The Morgan fingerprint density at radius 3 is 2.27 bits per heavy atom. The number of carbonyl (C=O) groups excluding carboxylic acids is 1. The second kappa shape index (κ2) is 9.72. The van der Waals surface area contributed by atoms with Gasteiger partial charge in [0.15, 0.2) is 0 Å². The molecule has 1 N–H and O–H groups in total. The molecular formula is C25H30N4O. The fourth-order valence-corrected chi connectivity index (χ4v) is 3.88. The summed E-state index contributed by atoms with van der Waals surface area (Å²) in [6.07, 6.45) is 8.09. The van der Waals surface area contributed by atoms with E-state index in [1.165, 1.54) is 31.5 Å². The van der Waals surface area contributed by atoms with Crippen LogP contribution in [-0.4, -0.2) is 33.4 Å². The third-order valence-electron chi connectivity index (χ3n) is 5.90. The largest absolute Gasteiger partial charge is 0.348 e. The minimum absolute atomic E-state index is 0.0457. The summed E-state index contributed by atoms with van der Waals surface area (Å²) in [6, 6.07) is 16.4. The Balaban J connectivity index is 1.25. The van der Waals surface area contributed by atoms with Crippen LogP contribution >= 0.6 is 0 Å². The lowest BCUT2D eigenvalue weighted by atomic mass is 9.99. The zero-order valence-electron chi connectivity index (χ0n) is 17.6. The molecule has 1 fully saturated rings. The average molecular weight is 403 g/mol. The SMILES string of the molecule is CC1CCN(Cc2ccc(CNC(=O)c3ccc(Cn4ccnc4)cc3)cc2)CC1. The van der Waals surface area contributed by atoms with Crippen LogP contribution in [0.5, 0.6) is 0 Å². The molecular weight excluding hydrogens is 372 g/mol. The number of carbonyl (C=O) groups is 1. The van der Waals surface area contributed by atoms with Crippen molar-refractivity contribution in [1.82, 2.24) is 19.8 Å². The van der Waals surface area contributed by atoms with Gasteiger partial charge < -0.3 is 9.88 Å². The highest BCUT2D eigenvalue weighted by Gasteiger charge is 2.15. The van der Waals surface area contributed by atoms with Crippen molar-refractivity contribution in [3.05, 3.63) is 89.5 Å². The summed E-state index contributed by atoms with van der Waals surface area (Å²) < 4.78 is 2.00. The van der Waals surface area contributed by atoms with E-state index in [4.69, 9.17) is 0 Å². The fraction of sp³-hybridized carbons (Fsp3) is 0.360. The van der Waals surface area contributed by atoms with Gasteiger partial charge in [0.1, 0.15) is 0 Å². The molecule has 0 bridgehead atoms. The molecule has 0 radical (unpaired) electrons. The van der Waals surface area contributed by atoms with Crippen LogP contribution in [0.2, 0.25) is 0 Å². The summed E-state index contributed by atoms with van der Waals surface area (Å²) in [5.41, 5.74) is 4.29. The Morgan fingerprint density at radius 2 is 1.60 bits per heavy atom. The zero-order chi connectivity index (χ0) is 20.8. The van der Waals surface area contributed by atoms with Crippen LogP contribution < -0.4 is 5.32 Å². The first-order chi connectivity index (χ1) is 14.7. The molecule has 5 nitrogen and oxygen atoms in total. The molecule has 1 amide bonds. The monoisotopic (exact) mass is 402 g/mol. The number of rotatable bonds is 7. The van der Waals surface area contributed by atoms with E-state index in [2.05, 4.69) is 46.4 Å². The molecule has 5 heteroatoms. The number of amides is 1. The van der Waals surface area contributed by atoms with Crippen LogP contribution in [0.4, 0.5) is 0 Å². The van der Waals surface area contributed by atoms with Crippen LogP contribution in [0.25, 0.3) is 0 Å². The first-order valence-corrected chi connectivity index (χ1v) is 10.8. The average Bonchev–Trinajstić information content (AvgIpc) is 3.28. The number of nitrogens with one attached hydrogen (secondary N) is 1. The van der Waals surface area contributed by atoms with Gasteiger partial charge in [0, 0.05) is 37.6 Å². The zero-order valence-corrected chi connectivity index (χ0v) is 17.6. The maximum absolute atomic E-state index is 12.5. The van der Waals surface area contributed by atoms with Gasteiger partial charge in [0.25, 0.3) is 5.91 Å². The smallest absolute Gasteiger partial charge is 0.251 e. The molecule has 0 atom stereocenters. The molecule has 1 aliphatic rings. The first kappa shape index (κ1) is 20.4. The Morgan fingerprint density at radius 1 is 0.967 bits per heavy atom. The molecule has 1 aliphatic heterocycles. The standard InChI is InChI=1S/C25H30N4O/c1-20-10-13-28(14-11-20)17-22-4-2-21(3-5-22)16-27-25(30)24-8-6-23(7-9-24)18-29-15-12-26-19-29/h2-9,12,15,19-20H,10-11,13-14,16-18H2,1H3,(H,27,30). The summed E-state index contributed by atoms with van der Waals surface area (Å²) >= 11 is 0. The Labute approximate surface area is 178 Å². The molecule has 0 unspecified atom stereocenters. The number of nitrogens with zero attached hydrogens (tertiary/aromatic N) is 3. The van der Waals surface area contributed by atoms with Crippen LogP contribution in [0, 0.1) is 5.92 Å². The van der Waals surface area contributed by atoms with Gasteiger partial charge in [0.2, 0.25) is 0 Å². The third kappa shape index (κ3) is 5.57. The van der Waals surface area contributed by atoms with Gasteiger partial charge in [-0.1, -0.05) is 43.3 Å². The van der Waals surface area contributed by atoms with E-state index >= 15 is 0 Å². The van der Waals surface area contributed by atoms with Crippen LogP contribution in [0.3, 0.4) is 0 Å². The molecule has 1 saturated heterocycles. The second-order valence-electron chi connectivity index (χ2n) is 8.39. The van der Waals surface area contributed by atoms with E-state index in [-0.39, 0.29) is 5.91 Å². The van der Waals surface area contributed by atoms with Crippen LogP contribution in [-0.2, 0) is 19.6 Å². The van der Waals surface area contributed by atoms with Crippen molar-refractivity contribution in [3.8, 4) is 0 Å². The first-order valence-electron chi connectivity index (χ1n) is 10.8. The number of likely N-dealkylation sites (tertiary alicyclic amines) is 1. The van der Waals surface area contributed by atoms with Gasteiger partial charge in [-0.2, -0.15) is 0 Å². The summed E-state index contributed by atoms with van der Waals surface area (Å²) in [4.78, 5) is 19.1. The molecule has 0 aliphatic carbocycles. The van der Waals surface area contributed by atoms with E-state index in [9.17, 15) is 4.79 Å². The Kier molecular flexibility index (Phi) is 6.60. The number of benzene rings is 2. The van der Waals surface area contributed by atoms with Gasteiger partial charge in [-0.3, -0.25) is 9.69 Å². The van der Waals surface area contributed by atoms with Gasteiger partial charge in [-0.05, 0) is 60.7 Å². The minimum Gasteiger partial charge on any atom is -0.348 e. The molecule has 1 aromatic heterocycles. The summed E-state index contributed by atoms with van der Waals surface area (Å²) in [6.45, 7) is 7.04. The van der Waals surface area contributed by atoms with Crippen molar-refractivity contribution in [2.75, 3.05) is 13.1 Å². The quantitative estimate of drug-likeness (QED) is 0.647. The molecule has 156 valence electrons. The lowest BCUT2D eigenvalue weighted by molar-refractivity contribution is 0.0951. The molecule has 4 rings (SSSR count). The van der Waals surface area contributed by atoms with Gasteiger partial charge >= 0.3 is 0 Å². The highest BCUT2D eigenvalue weighted by Crippen LogP contribution is 2.18. The molecule has 0 spiro atoms. The van der Waals surface area contributed by atoms with E-state index in [1.54, 1.807) is 12.5 Å². The molecule has 2 heterocycles. The number of hydrogen-bond acceptors (Lipinski definition) is 3. The normalized spacial score (nSPS) is 15.2. The predicted octanol–water partition coefficient (Wildman–Crippen LogP) is 4.09. The van der Waals surface area contributed by atoms with Crippen molar-refractivity contribution in [2.45, 2.75) is 39.4 Å². The topological polar surface area (TPSA) is 50.2 Å². The molecule has 0 saturated carbocycles. The Bertz CT molecular complexity index is 924. The summed E-state index contributed by atoms with van der Waals surface area (Å²) in [5, 5.41) is 3.02. The van der Waals surface area contributed by atoms with Crippen molar-refractivity contribution in [2.24, 2.45) is 5.92 Å². The van der Waals surface area contributed by atoms with Gasteiger partial charge in [-0.25, -0.2) is 4.98 Å². The third-order valence-corrected chi connectivity index (χ3v) is 5.90. The van der Waals surface area contributed by atoms with E-state index in [0.29, 0.717) is 12.1 Å². The number of hydrogen-bond donors (Lipinski definition) is 1. The van der Waals surface area contributed by atoms with E-state index < -0.39 is 0 Å². The highest BCUT2D eigenvalue weighted by atomic mass is 16.1. The van der Waals surface area contributed by atoms with E-state index in [0.717, 1.165) is 30.1 Å². The fourth-order valence-electron chi connectivity index (χ4n) is 3.88. The van der Waals surface area contributed by atoms with Crippen LogP contribution in [0.15, 0.2) is 67.3 Å². The predicted molar refractivity (Wildman–Crippen MR) is 119 cm³/mol. The molecule has 30 heavy (non-hydrogen) atoms. The summed E-state index contributed by atoms with van der Waals surface area (Å²) in [5.74, 6) is 0.816. The maximum Gasteiger partial charge on any atom is 0.251 e. The van der Waals surface area contributed by atoms with Gasteiger partial charge in [-0.15, -0.1) is 0 Å². The van der Waals surface area contributed by atoms with Crippen molar-refractivity contribution >= 4 is 5.91 Å². The van der Waals surface area contributed by atoms with E-state index in [1.807, 2.05) is 35.0 Å². The Hall–Kier alpha value is -2.92. The number of aromatic nitrogens is 2. The van der Waals surface area contributed by atoms with Gasteiger partial charge in [0.05, 0.1) is 6.33 Å². The highest BCUT2D eigenvalue weighted by molar-refractivity contribution is 5.94. The lowest BCUT2D eigenvalue weighted by Crippen LogP contribution is -2.32. The number of piperidine rings is 1. The van der Waals surface area contributed by atoms with Crippen LogP contribution in [0.1, 0.15) is 46.8 Å².